The number of ether oxygens (including phenoxy) is 1. The molecule has 0 aliphatic carbocycles. The van der Waals surface area contributed by atoms with Gasteiger partial charge in [0.2, 0.25) is 5.91 Å². The molecule has 2 aliphatic rings. The molecular formula is C21H23NO4S. The Labute approximate surface area is 159 Å². The predicted octanol–water partition coefficient (Wildman–Crippen LogP) is 3.20. The first-order valence-electron chi connectivity index (χ1n) is 9.02. The van der Waals surface area contributed by atoms with E-state index in [1.165, 1.54) is 4.90 Å². The SMILES string of the molecule is Cc1ccc(S(=O)(=O)[C@@H]2C(=O)N(C)[C@@]3(C)C[C@H]2c2ccccc2O3)cc1C. The number of piperidine rings is 1. The molecular weight excluding hydrogens is 362 g/mol. The molecule has 142 valence electrons. The van der Waals surface area contributed by atoms with E-state index >= 15 is 0 Å². The minimum atomic E-state index is -3.85. The molecule has 4 rings (SSSR count). The fourth-order valence-electron chi connectivity index (χ4n) is 4.13. The third kappa shape index (κ3) is 2.57. The lowest BCUT2D eigenvalue weighted by atomic mass is 9.80. The Kier molecular flexibility index (Phi) is 3.89. The van der Waals surface area contributed by atoms with Gasteiger partial charge in [0.25, 0.3) is 0 Å². The molecule has 6 heteroatoms. The van der Waals surface area contributed by atoms with Gasteiger partial charge in [-0.15, -0.1) is 0 Å². The third-order valence-electron chi connectivity index (χ3n) is 6.04. The van der Waals surface area contributed by atoms with E-state index in [4.69, 9.17) is 4.74 Å². The Morgan fingerprint density at radius 2 is 1.81 bits per heavy atom. The summed E-state index contributed by atoms with van der Waals surface area (Å²) in [5.41, 5.74) is 1.86. The zero-order valence-electron chi connectivity index (χ0n) is 15.9. The van der Waals surface area contributed by atoms with Crippen LogP contribution in [0, 0.1) is 13.8 Å². The van der Waals surface area contributed by atoms with Crippen LogP contribution < -0.4 is 4.74 Å². The maximum atomic E-state index is 13.5. The molecule has 1 fully saturated rings. The Balaban J connectivity index is 1.89. The highest BCUT2D eigenvalue weighted by molar-refractivity contribution is 7.92. The number of para-hydroxylation sites is 1. The number of likely N-dealkylation sites (tertiary alicyclic amines) is 1. The fourth-order valence-corrected chi connectivity index (χ4v) is 6.13. The van der Waals surface area contributed by atoms with Crippen LogP contribution in [0.4, 0.5) is 0 Å². The minimum Gasteiger partial charge on any atom is -0.468 e. The summed E-state index contributed by atoms with van der Waals surface area (Å²) in [6.45, 7) is 5.65. The lowest BCUT2D eigenvalue weighted by Crippen LogP contribution is -2.64. The number of aryl methyl sites for hydroxylation is 2. The van der Waals surface area contributed by atoms with Crippen molar-refractivity contribution in [2.24, 2.45) is 0 Å². The zero-order chi connectivity index (χ0) is 19.6. The average molecular weight is 385 g/mol. The summed E-state index contributed by atoms with van der Waals surface area (Å²) in [5, 5.41) is -1.15. The molecule has 1 saturated heterocycles. The van der Waals surface area contributed by atoms with E-state index in [-0.39, 0.29) is 4.90 Å². The first-order chi connectivity index (χ1) is 12.6. The maximum Gasteiger partial charge on any atom is 0.244 e. The van der Waals surface area contributed by atoms with E-state index in [2.05, 4.69) is 0 Å². The van der Waals surface area contributed by atoms with Crippen molar-refractivity contribution in [3.05, 3.63) is 59.2 Å². The summed E-state index contributed by atoms with van der Waals surface area (Å²) in [5.74, 6) is -0.201. The van der Waals surface area contributed by atoms with E-state index in [1.54, 1.807) is 25.2 Å². The average Bonchev–Trinajstić information content (AvgIpc) is 2.62. The van der Waals surface area contributed by atoms with Gasteiger partial charge in [-0.2, -0.15) is 0 Å². The summed E-state index contributed by atoms with van der Waals surface area (Å²) in [6.07, 6.45) is 0.445. The normalized spacial score (nSPS) is 27.1. The van der Waals surface area contributed by atoms with Crippen molar-refractivity contribution in [3.8, 4) is 5.75 Å². The van der Waals surface area contributed by atoms with Crippen LogP contribution in [0.1, 0.15) is 36.0 Å². The second kappa shape index (κ2) is 5.83. The summed E-state index contributed by atoms with van der Waals surface area (Å²) in [4.78, 5) is 14.8. The van der Waals surface area contributed by atoms with E-state index in [1.807, 2.05) is 45.0 Å². The van der Waals surface area contributed by atoms with Crippen molar-refractivity contribution in [1.82, 2.24) is 4.90 Å². The van der Waals surface area contributed by atoms with Gasteiger partial charge in [-0.25, -0.2) is 8.42 Å². The monoisotopic (exact) mass is 385 g/mol. The molecule has 0 aromatic heterocycles. The van der Waals surface area contributed by atoms with E-state index < -0.39 is 32.6 Å². The van der Waals surface area contributed by atoms with E-state index in [0.29, 0.717) is 12.2 Å². The quantitative estimate of drug-likeness (QED) is 0.796. The topological polar surface area (TPSA) is 63.7 Å². The van der Waals surface area contributed by atoms with Crippen LogP contribution in [0.25, 0.3) is 0 Å². The molecule has 0 radical (unpaired) electrons. The minimum absolute atomic E-state index is 0.199. The number of carbonyl (C=O) groups excluding carboxylic acids is 1. The van der Waals surface area contributed by atoms with Gasteiger partial charge in [0, 0.05) is 19.4 Å². The second-order valence-electron chi connectivity index (χ2n) is 7.73. The van der Waals surface area contributed by atoms with Crippen molar-refractivity contribution in [2.45, 2.75) is 49.0 Å². The van der Waals surface area contributed by atoms with E-state index in [9.17, 15) is 13.2 Å². The number of fused-ring (bicyclic) bond motifs is 4. The molecule has 0 saturated carbocycles. The van der Waals surface area contributed by atoms with Crippen molar-refractivity contribution in [3.63, 3.8) is 0 Å². The maximum absolute atomic E-state index is 13.5. The number of nitrogens with zero attached hydrogens (tertiary/aromatic N) is 1. The highest BCUT2D eigenvalue weighted by atomic mass is 32.2. The number of hydrogen-bond donors (Lipinski definition) is 0. The van der Waals surface area contributed by atoms with Crippen molar-refractivity contribution >= 4 is 15.7 Å². The van der Waals surface area contributed by atoms with Gasteiger partial charge in [-0.3, -0.25) is 4.79 Å². The van der Waals surface area contributed by atoms with Crippen LogP contribution in [0.2, 0.25) is 0 Å². The summed E-state index contributed by atoms with van der Waals surface area (Å²) in [6, 6.07) is 12.5. The second-order valence-corrected chi connectivity index (χ2v) is 9.80. The Hall–Kier alpha value is -2.34. The van der Waals surface area contributed by atoms with Gasteiger partial charge in [0.15, 0.2) is 20.8 Å². The molecule has 0 unspecified atom stereocenters. The number of sulfone groups is 1. The number of amides is 1. The standard InChI is InChI=1S/C21H23NO4S/c1-13-9-10-15(11-14(13)2)27(24,25)19-17-12-21(3,22(4)20(19)23)26-18-8-6-5-7-16(17)18/h5-11,17,19H,12H2,1-4H3/t17-,19-,21+/m0/s1. The highest BCUT2D eigenvalue weighted by Crippen LogP contribution is 2.49. The molecule has 2 aromatic carbocycles. The van der Waals surface area contributed by atoms with Gasteiger partial charge >= 0.3 is 0 Å². The first-order valence-corrected chi connectivity index (χ1v) is 10.6. The van der Waals surface area contributed by atoms with Crippen LogP contribution in [-0.2, 0) is 14.6 Å². The van der Waals surface area contributed by atoms with Crippen LogP contribution in [0.15, 0.2) is 47.4 Å². The summed E-state index contributed by atoms with van der Waals surface area (Å²) >= 11 is 0. The molecule has 1 amide bonds. The highest BCUT2D eigenvalue weighted by Gasteiger charge is 2.56. The number of hydrogen-bond acceptors (Lipinski definition) is 4. The lowest BCUT2D eigenvalue weighted by molar-refractivity contribution is -0.159. The van der Waals surface area contributed by atoms with Crippen LogP contribution in [0.3, 0.4) is 0 Å². The molecule has 27 heavy (non-hydrogen) atoms. The van der Waals surface area contributed by atoms with Gasteiger partial charge in [0.1, 0.15) is 5.75 Å². The molecule has 2 heterocycles. The zero-order valence-corrected chi connectivity index (χ0v) is 16.7. The molecule has 0 N–H and O–H groups in total. The predicted molar refractivity (Wildman–Crippen MR) is 102 cm³/mol. The van der Waals surface area contributed by atoms with Crippen molar-refractivity contribution in [1.29, 1.82) is 0 Å². The number of rotatable bonds is 2. The smallest absolute Gasteiger partial charge is 0.244 e. The molecule has 5 nitrogen and oxygen atoms in total. The van der Waals surface area contributed by atoms with Crippen molar-refractivity contribution < 1.29 is 17.9 Å². The van der Waals surface area contributed by atoms with Crippen LogP contribution >= 0.6 is 0 Å². The molecule has 2 aromatic rings. The molecule has 0 spiro atoms. The van der Waals surface area contributed by atoms with E-state index in [0.717, 1.165) is 16.7 Å². The molecule has 3 atom stereocenters. The van der Waals surface area contributed by atoms with Crippen LogP contribution in [0.5, 0.6) is 5.75 Å². The first kappa shape index (κ1) is 18.0. The Morgan fingerprint density at radius 3 is 2.52 bits per heavy atom. The fraction of sp³-hybridized carbons (Fsp3) is 0.381. The number of benzene rings is 2. The van der Waals surface area contributed by atoms with Gasteiger partial charge in [0.05, 0.1) is 4.90 Å². The largest absolute Gasteiger partial charge is 0.468 e. The van der Waals surface area contributed by atoms with Gasteiger partial charge < -0.3 is 9.64 Å². The summed E-state index contributed by atoms with van der Waals surface area (Å²) in [7, 11) is -2.23. The molecule has 2 aliphatic heterocycles. The number of carbonyl (C=O) groups is 1. The van der Waals surface area contributed by atoms with Crippen LogP contribution in [-0.4, -0.2) is 37.2 Å². The third-order valence-corrected chi connectivity index (χ3v) is 8.15. The molecule has 2 bridgehead atoms. The van der Waals surface area contributed by atoms with Gasteiger partial charge in [-0.1, -0.05) is 24.3 Å². The lowest BCUT2D eigenvalue weighted by Gasteiger charge is -2.51. The summed E-state index contributed by atoms with van der Waals surface area (Å²) < 4.78 is 33.1. The Bertz CT molecular complexity index is 1050. The Morgan fingerprint density at radius 1 is 1.11 bits per heavy atom. The van der Waals surface area contributed by atoms with Crippen molar-refractivity contribution in [2.75, 3.05) is 7.05 Å². The van der Waals surface area contributed by atoms with Gasteiger partial charge in [-0.05, 0) is 55.7 Å².